The highest BCUT2D eigenvalue weighted by molar-refractivity contribution is 9.09. The van der Waals surface area contributed by atoms with E-state index in [0.717, 1.165) is 0 Å². The molecule has 0 aromatic rings. The van der Waals surface area contributed by atoms with E-state index in [1.807, 2.05) is 12.2 Å². The molecule has 4 atom stereocenters. The summed E-state index contributed by atoms with van der Waals surface area (Å²) in [4.78, 5) is 10.8. The van der Waals surface area contributed by atoms with Crippen LogP contribution in [0.4, 0.5) is 0 Å². The zero-order valence-corrected chi connectivity index (χ0v) is 8.15. The Morgan fingerprint density at radius 1 is 1.58 bits per heavy atom. The van der Waals surface area contributed by atoms with Gasteiger partial charge in [0, 0.05) is 6.92 Å². The lowest BCUT2D eigenvalue weighted by molar-refractivity contribution is -0.144. The van der Waals surface area contributed by atoms with Crippen molar-refractivity contribution in [2.75, 3.05) is 0 Å². The van der Waals surface area contributed by atoms with Crippen LogP contribution < -0.4 is 0 Å². The van der Waals surface area contributed by atoms with Gasteiger partial charge in [0.05, 0.1) is 4.83 Å². The van der Waals surface area contributed by atoms with Crippen LogP contribution in [-0.4, -0.2) is 29.1 Å². The SMILES string of the molecule is CC(=O)O[C@@H]1C=C[C@H]2O[C@H]2[C@H]1Br. The Balaban J connectivity index is 2.01. The third-order valence-corrected chi connectivity index (χ3v) is 3.02. The summed E-state index contributed by atoms with van der Waals surface area (Å²) >= 11 is 3.44. The predicted molar refractivity (Wildman–Crippen MR) is 46.1 cm³/mol. The Morgan fingerprint density at radius 2 is 2.33 bits per heavy atom. The first-order valence-corrected chi connectivity index (χ1v) is 4.75. The molecule has 0 amide bonds. The summed E-state index contributed by atoms with van der Waals surface area (Å²) < 4.78 is 10.3. The molecule has 0 radical (unpaired) electrons. The first kappa shape index (κ1) is 8.26. The zero-order chi connectivity index (χ0) is 8.72. The van der Waals surface area contributed by atoms with Crippen molar-refractivity contribution >= 4 is 21.9 Å². The van der Waals surface area contributed by atoms with Crippen LogP contribution in [0.15, 0.2) is 12.2 Å². The Labute approximate surface area is 78.8 Å². The molecule has 2 rings (SSSR count). The third-order valence-electron chi connectivity index (χ3n) is 1.98. The number of carbonyl (C=O) groups is 1. The molecule has 0 aromatic carbocycles. The molecular weight excluding hydrogens is 224 g/mol. The van der Waals surface area contributed by atoms with Gasteiger partial charge in [0.25, 0.3) is 0 Å². The van der Waals surface area contributed by atoms with E-state index in [1.54, 1.807) is 0 Å². The topological polar surface area (TPSA) is 38.8 Å². The van der Waals surface area contributed by atoms with Gasteiger partial charge in [0.2, 0.25) is 0 Å². The van der Waals surface area contributed by atoms with E-state index in [2.05, 4.69) is 15.9 Å². The van der Waals surface area contributed by atoms with Crippen LogP contribution in [-0.2, 0) is 14.3 Å². The van der Waals surface area contributed by atoms with Gasteiger partial charge in [-0.3, -0.25) is 4.79 Å². The van der Waals surface area contributed by atoms with Gasteiger partial charge in [-0.1, -0.05) is 22.0 Å². The second-order valence-electron chi connectivity index (χ2n) is 2.97. The monoisotopic (exact) mass is 232 g/mol. The van der Waals surface area contributed by atoms with Crippen LogP contribution in [0.2, 0.25) is 0 Å². The largest absolute Gasteiger partial charge is 0.457 e. The van der Waals surface area contributed by atoms with E-state index in [-0.39, 0.29) is 29.1 Å². The van der Waals surface area contributed by atoms with Crippen LogP contribution in [0.3, 0.4) is 0 Å². The molecule has 3 nitrogen and oxygen atoms in total. The zero-order valence-electron chi connectivity index (χ0n) is 6.57. The van der Waals surface area contributed by atoms with E-state index in [1.165, 1.54) is 6.92 Å². The second kappa shape index (κ2) is 2.85. The van der Waals surface area contributed by atoms with Crippen molar-refractivity contribution in [3.05, 3.63) is 12.2 Å². The first-order valence-electron chi connectivity index (χ1n) is 3.83. The lowest BCUT2D eigenvalue weighted by Gasteiger charge is -2.19. The highest BCUT2D eigenvalue weighted by Crippen LogP contribution is 2.37. The van der Waals surface area contributed by atoms with Crippen molar-refractivity contribution in [1.82, 2.24) is 0 Å². The number of alkyl halides is 1. The van der Waals surface area contributed by atoms with Crippen LogP contribution in [0.1, 0.15) is 6.92 Å². The molecule has 0 saturated carbocycles. The minimum absolute atomic E-state index is 0.108. The van der Waals surface area contributed by atoms with Gasteiger partial charge < -0.3 is 9.47 Å². The minimum atomic E-state index is -0.256. The number of carbonyl (C=O) groups excluding carboxylic acids is 1. The van der Waals surface area contributed by atoms with Crippen molar-refractivity contribution in [1.29, 1.82) is 0 Å². The molecule has 0 unspecified atom stereocenters. The fraction of sp³-hybridized carbons (Fsp3) is 0.625. The number of halogens is 1. The summed E-state index contributed by atoms with van der Waals surface area (Å²) in [6.07, 6.45) is 4.07. The van der Waals surface area contributed by atoms with Gasteiger partial charge in [0.1, 0.15) is 18.3 Å². The van der Waals surface area contributed by atoms with Gasteiger partial charge in [-0.2, -0.15) is 0 Å². The van der Waals surface area contributed by atoms with Crippen molar-refractivity contribution in [2.24, 2.45) is 0 Å². The van der Waals surface area contributed by atoms with Crippen molar-refractivity contribution in [3.63, 3.8) is 0 Å². The summed E-state index contributed by atoms with van der Waals surface area (Å²) in [6, 6.07) is 0. The highest BCUT2D eigenvalue weighted by atomic mass is 79.9. The molecule has 12 heavy (non-hydrogen) atoms. The van der Waals surface area contributed by atoms with Crippen LogP contribution in [0.25, 0.3) is 0 Å². The van der Waals surface area contributed by atoms with E-state index < -0.39 is 0 Å². The molecule has 4 heteroatoms. The standard InChI is InChI=1S/C8H9BrO3/c1-4(10)11-5-2-3-6-8(12-6)7(5)9/h2-3,5-8H,1H3/t5-,6-,7+,8-/m1/s1. The number of rotatable bonds is 1. The minimum Gasteiger partial charge on any atom is -0.457 e. The predicted octanol–water partition coefficient (Wildman–Crippen LogP) is 1.02. The molecule has 1 aliphatic heterocycles. The van der Waals surface area contributed by atoms with E-state index in [0.29, 0.717) is 0 Å². The quantitative estimate of drug-likeness (QED) is 0.294. The molecule has 1 heterocycles. The van der Waals surface area contributed by atoms with Crippen molar-refractivity contribution in [3.8, 4) is 0 Å². The summed E-state index contributed by atoms with van der Waals surface area (Å²) in [5.74, 6) is -0.256. The molecule has 0 bridgehead atoms. The average Bonchev–Trinajstić information content (AvgIpc) is 2.73. The molecule has 1 fully saturated rings. The van der Waals surface area contributed by atoms with E-state index in [9.17, 15) is 4.79 Å². The number of ether oxygens (including phenoxy) is 2. The molecule has 0 spiro atoms. The first-order chi connectivity index (χ1) is 5.68. The number of epoxide rings is 1. The Kier molecular flexibility index (Phi) is 1.96. The summed E-state index contributed by atoms with van der Waals surface area (Å²) in [5.41, 5.74) is 0. The Hall–Kier alpha value is -0.350. The summed E-state index contributed by atoms with van der Waals surface area (Å²) in [6.45, 7) is 1.41. The maximum atomic E-state index is 10.7. The Morgan fingerprint density at radius 3 is 3.00 bits per heavy atom. The van der Waals surface area contributed by atoms with Gasteiger partial charge in [-0.05, 0) is 6.08 Å². The summed E-state index contributed by atoms with van der Waals surface area (Å²) in [5, 5.41) is 0. The van der Waals surface area contributed by atoms with Crippen LogP contribution in [0, 0.1) is 0 Å². The second-order valence-corrected chi connectivity index (χ2v) is 4.03. The van der Waals surface area contributed by atoms with Crippen molar-refractivity contribution in [2.45, 2.75) is 30.1 Å². The highest BCUT2D eigenvalue weighted by Gasteiger charge is 2.48. The molecule has 1 aliphatic carbocycles. The molecule has 1 saturated heterocycles. The van der Waals surface area contributed by atoms with Gasteiger partial charge in [0.15, 0.2) is 0 Å². The van der Waals surface area contributed by atoms with E-state index >= 15 is 0 Å². The van der Waals surface area contributed by atoms with Crippen LogP contribution >= 0.6 is 15.9 Å². The Bertz CT molecular complexity index is 238. The lowest BCUT2D eigenvalue weighted by Crippen LogP contribution is -2.31. The third kappa shape index (κ3) is 1.41. The van der Waals surface area contributed by atoms with Gasteiger partial charge in [-0.15, -0.1) is 0 Å². The van der Waals surface area contributed by atoms with Gasteiger partial charge >= 0.3 is 5.97 Å². The summed E-state index contributed by atoms with van der Waals surface area (Å²) in [7, 11) is 0. The van der Waals surface area contributed by atoms with Crippen LogP contribution in [0.5, 0.6) is 0 Å². The fourth-order valence-corrected chi connectivity index (χ4v) is 2.06. The molecule has 2 aliphatic rings. The molecule has 0 N–H and O–H groups in total. The van der Waals surface area contributed by atoms with Crippen molar-refractivity contribution < 1.29 is 14.3 Å². The molecule has 66 valence electrons. The number of esters is 1. The van der Waals surface area contributed by atoms with E-state index in [4.69, 9.17) is 9.47 Å². The molecule has 0 aromatic heterocycles. The fourth-order valence-electron chi connectivity index (χ4n) is 1.36. The number of hydrogen-bond donors (Lipinski definition) is 0. The molecular formula is C8H9BrO3. The normalized spacial score (nSPS) is 43.5. The smallest absolute Gasteiger partial charge is 0.303 e. The van der Waals surface area contributed by atoms with Gasteiger partial charge in [-0.25, -0.2) is 0 Å². The number of hydrogen-bond acceptors (Lipinski definition) is 3. The lowest BCUT2D eigenvalue weighted by atomic mass is 10.1. The maximum absolute atomic E-state index is 10.7. The number of fused-ring (bicyclic) bond motifs is 1. The average molecular weight is 233 g/mol. The maximum Gasteiger partial charge on any atom is 0.303 e.